The highest BCUT2D eigenvalue weighted by Gasteiger charge is 2.23. The summed E-state index contributed by atoms with van der Waals surface area (Å²) in [5.41, 5.74) is 5.44. The first kappa shape index (κ1) is 13.8. The Bertz CT molecular complexity index is 805. The van der Waals surface area contributed by atoms with Crippen LogP contribution in [0.25, 0.3) is 5.57 Å². The third-order valence-electron chi connectivity index (χ3n) is 4.34. The van der Waals surface area contributed by atoms with E-state index in [1.54, 1.807) is 0 Å². The van der Waals surface area contributed by atoms with Gasteiger partial charge >= 0.3 is 0 Å². The van der Waals surface area contributed by atoms with Crippen LogP contribution < -0.4 is 5.32 Å². The number of carbonyl (C=O) groups excluding carboxylic acids is 1. The summed E-state index contributed by atoms with van der Waals surface area (Å²) in [4.78, 5) is 14.5. The molecule has 0 saturated carbocycles. The second-order valence-electron chi connectivity index (χ2n) is 5.92. The maximum absolute atomic E-state index is 12.2. The summed E-state index contributed by atoms with van der Waals surface area (Å²) < 4.78 is 0. The molecule has 2 aliphatic rings. The molecule has 114 valence electrons. The van der Waals surface area contributed by atoms with Crippen LogP contribution in [-0.4, -0.2) is 23.9 Å². The summed E-state index contributed by atoms with van der Waals surface area (Å²) in [6.07, 6.45) is 4.42. The molecule has 23 heavy (non-hydrogen) atoms. The van der Waals surface area contributed by atoms with Crippen LogP contribution in [0.5, 0.6) is 0 Å². The molecule has 2 aliphatic heterocycles. The summed E-state index contributed by atoms with van der Waals surface area (Å²) in [5, 5.41) is 3.01. The molecule has 0 radical (unpaired) electrons. The minimum absolute atomic E-state index is 0.00593. The highest BCUT2D eigenvalue weighted by molar-refractivity contribution is 6.03. The van der Waals surface area contributed by atoms with Crippen LogP contribution in [-0.2, 0) is 6.54 Å². The largest absolute Gasteiger partial charge is 0.369 e. The first-order chi connectivity index (χ1) is 11.3. The van der Waals surface area contributed by atoms with Crippen molar-refractivity contribution in [3.8, 4) is 0 Å². The van der Waals surface area contributed by atoms with E-state index in [1.165, 1.54) is 16.7 Å². The van der Waals surface area contributed by atoms with Crippen LogP contribution in [0.2, 0.25) is 0 Å². The van der Waals surface area contributed by atoms with Crippen molar-refractivity contribution < 1.29 is 4.79 Å². The average Bonchev–Trinajstić information content (AvgIpc) is 2.74. The van der Waals surface area contributed by atoms with Crippen LogP contribution in [0, 0.1) is 0 Å². The van der Waals surface area contributed by atoms with Gasteiger partial charge < -0.3 is 10.2 Å². The molecule has 3 nitrogen and oxygen atoms in total. The van der Waals surface area contributed by atoms with Gasteiger partial charge in [0.05, 0.1) is 0 Å². The highest BCUT2D eigenvalue weighted by atomic mass is 16.1. The van der Waals surface area contributed by atoms with Gasteiger partial charge in [0.15, 0.2) is 0 Å². The van der Waals surface area contributed by atoms with E-state index >= 15 is 0 Å². The molecule has 2 aromatic rings. The minimum Gasteiger partial charge on any atom is -0.369 e. The zero-order valence-corrected chi connectivity index (χ0v) is 12.8. The molecular formula is C20H18N2O. The summed E-state index contributed by atoms with van der Waals surface area (Å²) >= 11 is 0. The van der Waals surface area contributed by atoms with Crippen LogP contribution in [0.3, 0.4) is 0 Å². The fraction of sp³-hybridized carbons (Fsp3) is 0.150. The van der Waals surface area contributed by atoms with Gasteiger partial charge in [-0.3, -0.25) is 4.79 Å². The van der Waals surface area contributed by atoms with E-state index in [2.05, 4.69) is 46.8 Å². The number of hydrogen-bond acceptors (Lipinski definition) is 2. The Balaban J connectivity index is 1.65. The molecule has 0 spiro atoms. The predicted octanol–water partition coefficient (Wildman–Crippen LogP) is 3.21. The van der Waals surface area contributed by atoms with E-state index in [1.807, 2.05) is 30.3 Å². The Morgan fingerprint density at radius 1 is 0.957 bits per heavy atom. The minimum atomic E-state index is 0.00593. The molecule has 1 amide bonds. The third-order valence-corrected chi connectivity index (χ3v) is 4.34. The molecule has 2 aromatic carbocycles. The van der Waals surface area contributed by atoms with E-state index in [0.717, 1.165) is 24.2 Å². The molecule has 0 aromatic heterocycles. The van der Waals surface area contributed by atoms with Gasteiger partial charge in [-0.1, -0.05) is 54.6 Å². The summed E-state index contributed by atoms with van der Waals surface area (Å²) in [6.45, 7) is 2.31. The Morgan fingerprint density at radius 2 is 1.70 bits per heavy atom. The van der Waals surface area contributed by atoms with Crippen molar-refractivity contribution in [2.75, 3.05) is 13.1 Å². The lowest BCUT2D eigenvalue weighted by atomic mass is 9.93. The molecule has 0 aliphatic carbocycles. The van der Waals surface area contributed by atoms with Gasteiger partial charge in [-0.2, -0.15) is 0 Å². The molecule has 2 heterocycles. The zero-order chi connectivity index (χ0) is 15.6. The molecule has 0 atom stereocenters. The SMILES string of the molecule is O=C1NCC2=CN(Cc3ccccc3)CC=C2c2ccccc21. The quantitative estimate of drug-likeness (QED) is 0.924. The Labute approximate surface area is 135 Å². The first-order valence-electron chi connectivity index (χ1n) is 7.88. The van der Waals surface area contributed by atoms with Gasteiger partial charge in [0.2, 0.25) is 0 Å². The molecule has 1 N–H and O–H groups in total. The molecule has 0 unspecified atom stereocenters. The third kappa shape index (κ3) is 2.66. The Morgan fingerprint density at radius 3 is 2.52 bits per heavy atom. The molecule has 4 rings (SSSR count). The van der Waals surface area contributed by atoms with E-state index < -0.39 is 0 Å². The number of hydrogen-bond donors (Lipinski definition) is 1. The number of benzene rings is 2. The fourth-order valence-electron chi connectivity index (χ4n) is 3.22. The number of fused-ring (bicyclic) bond motifs is 3. The summed E-state index contributed by atoms with van der Waals surface area (Å²) in [6, 6.07) is 18.3. The number of rotatable bonds is 2. The maximum atomic E-state index is 12.2. The average molecular weight is 302 g/mol. The topological polar surface area (TPSA) is 32.3 Å². The van der Waals surface area contributed by atoms with Crippen molar-refractivity contribution in [1.82, 2.24) is 10.2 Å². The molecule has 0 saturated heterocycles. The van der Waals surface area contributed by atoms with Crippen LogP contribution >= 0.6 is 0 Å². The number of nitrogens with zero attached hydrogens (tertiary/aromatic N) is 1. The predicted molar refractivity (Wildman–Crippen MR) is 91.7 cm³/mol. The fourth-order valence-corrected chi connectivity index (χ4v) is 3.22. The van der Waals surface area contributed by atoms with Crippen LogP contribution in [0.15, 0.2) is 72.4 Å². The number of nitrogens with one attached hydrogen (secondary N) is 1. The zero-order valence-electron chi connectivity index (χ0n) is 12.8. The van der Waals surface area contributed by atoms with Crippen molar-refractivity contribution in [2.45, 2.75) is 6.54 Å². The first-order valence-corrected chi connectivity index (χ1v) is 7.88. The van der Waals surface area contributed by atoms with E-state index in [0.29, 0.717) is 6.54 Å². The molecule has 3 heteroatoms. The Kier molecular flexibility index (Phi) is 3.46. The van der Waals surface area contributed by atoms with Gasteiger partial charge in [-0.25, -0.2) is 0 Å². The van der Waals surface area contributed by atoms with Gasteiger partial charge in [-0.05, 0) is 28.3 Å². The second-order valence-corrected chi connectivity index (χ2v) is 5.92. The van der Waals surface area contributed by atoms with Gasteiger partial charge in [-0.15, -0.1) is 0 Å². The highest BCUT2D eigenvalue weighted by Crippen LogP contribution is 2.31. The van der Waals surface area contributed by atoms with Crippen molar-refractivity contribution >= 4 is 11.5 Å². The lowest BCUT2D eigenvalue weighted by Crippen LogP contribution is -2.26. The summed E-state index contributed by atoms with van der Waals surface area (Å²) in [7, 11) is 0. The number of carbonyl (C=O) groups is 1. The monoisotopic (exact) mass is 302 g/mol. The molecule has 0 fully saturated rings. The van der Waals surface area contributed by atoms with Crippen LogP contribution in [0.4, 0.5) is 0 Å². The van der Waals surface area contributed by atoms with Crippen molar-refractivity contribution in [1.29, 1.82) is 0 Å². The van der Waals surface area contributed by atoms with E-state index in [4.69, 9.17) is 0 Å². The van der Waals surface area contributed by atoms with Gasteiger partial charge in [0.25, 0.3) is 5.91 Å². The number of amides is 1. The van der Waals surface area contributed by atoms with E-state index in [9.17, 15) is 4.79 Å². The van der Waals surface area contributed by atoms with Crippen molar-refractivity contribution in [3.05, 3.63) is 89.1 Å². The summed E-state index contributed by atoms with van der Waals surface area (Å²) in [5.74, 6) is 0.00593. The normalized spacial score (nSPS) is 16.5. The van der Waals surface area contributed by atoms with Gasteiger partial charge in [0, 0.05) is 31.4 Å². The smallest absolute Gasteiger partial charge is 0.252 e. The second kappa shape index (κ2) is 5.76. The van der Waals surface area contributed by atoms with Crippen molar-refractivity contribution in [2.24, 2.45) is 0 Å². The van der Waals surface area contributed by atoms with Crippen molar-refractivity contribution in [3.63, 3.8) is 0 Å². The Hall–Kier alpha value is -2.81. The molecule has 0 bridgehead atoms. The van der Waals surface area contributed by atoms with E-state index in [-0.39, 0.29) is 5.91 Å². The van der Waals surface area contributed by atoms with Gasteiger partial charge in [0.1, 0.15) is 0 Å². The maximum Gasteiger partial charge on any atom is 0.252 e. The lowest BCUT2D eigenvalue weighted by Gasteiger charge is -2.26. The molecular weight excluding hydrogens is 284 g/mol. The lowest BCUT2D eigenvalue weighted by molar-refractivity contribution is 0.0958. The standard InChI is InChI=1S/C20H18N2O/c23-20-19-9-5-4-8-18(19)17-10-11-22(14-16(17)12-21-20)13-15-6-2-1-3-7-15/h1-10,14H,11-13H2,(H,21,23). The van der Waals surface area contributed by atoms with Crippen LogP contribution in [0.1, 0.15) is 21.5 Å².